The maximum atomic E-state index is 14.0. The molecule has 0 fully saturated rings. The Kier molecular flexibility index (Phi) is 4.95. The van der Waals surface area contributed by atoms with E-state index in [9.17, 15) is 14.3 Å². The highest BCUT2D eigenvalue weighted by Gasteiger charge is 2.25. The number of ether oxygens (including phenoxy) is 3. The van der Waals surface area contributed by atoms with Gasteiger partial charge in [0, 0.05) is 16.7 Å². The van der Waals surface area contributed by atoms with Crippen LogP contribution >= 0.6 is 0 Å². The van der Waals surface area contributed by atoms with Gasteiger partial charge in [-0.25, -0.2) is 9.18 Å². The van der Waals surface area contributed by atoms with Crippen molar-refractivity contribution < 1.29 is 28.5 Å². The van der Waals surface area contributed by atoms with E-state index in [2.05, 4.69) is 0 Å². The first-order chi connectivity index (χ1) is 13.6. The van der Waals surface area contributed by atoms with Crippen LogP contribution in [-0.4, -0.2) is 11.1 Å². The summed E-state index contributed by atoms with van der Waals surface area (Å²) in [5.41, 5.74) is 2.10. The van der Waals surface area contributed by atoms with Crippen molar-refractivity contribution in [3.05, 3.63) is 94.8 Å². The number of phenolic OH excluding ortho intramolecular Hbond substituents is 1. The van der Waals surface area contributed by atoms with E-state index < -0.39 is 18.1 Å². The summed E-state index contributed by atoms with van der Waals surface area (Å²) < 4.78 is 30.9. The fourth-order valence-corrected chi connectivity index (χ4v) is 2.98. The van der Waals surface area contributed by atoms with Crippen LogP contribution in [-0.2, 0) is 22.7 Å². The number of halogens is 1. The van der Waals surface area contributed by atoms with Crippen LogP contribution in [0.1, 0.15) is 33.3 Å². The molecule has 5 nitrogen and oxygen atoms in total. The molecule has 0 amide bonds. The third-order valence-electron chi connectivity index (χ3n) is 4.36. The summed E-state index contributed by atoms with van der Waals surface area (Å²) in [7, 11) is 0. The average Bonchev–Trinajstić information content (AvgIpc) is 2.72. The Morgan fingerprint density at radius 1 is 1.11 bits per heavy atom. The average molecular weight is 380 g/mol. The van der Waals surface area contributed by atoms with Crippen molar-refractivity contribution in [2.75, 3.05) is 0 Å². The van der Waals surface area contributed by atoms with Crippen LogP contribution in [0.3, 0.4) is 0 Å². The van der Waals surface area contributed by atoms with Crippen LogP contribution in [0.4, 0.5) is 4.39 Å². The standard InChI is InChI=1S/C22H17FO5/c23-18-10-16(12-26-21(25)14-6-8-19(24)9-7-14)20-17(11-18)13-27-22(28-20)15-4-2-1-3-5-15/h1-11,22,24H,12-13H2. The second-order valence-electron chi connectivity index (χ2n) is 6.35. The molecule has 0 spiro atoms. The summed E-state index contributed by atoms with van der Waals surface area (Å²) >= 11 is 0. The number of hydrogen-bond donors (Lipinski definition) is 1. The van der Waals surface area contributed by atoms with Gasteiger partial charge in [0.05, 0.1) is 12.2 Å². The molecule has 0 saturated heterocycles. The van der Waals surface area contributed by atoms with Crippen molar-refractivity contribution in [3.63, 3.8) is 0 Å². The number of benzene rings is 3. The molecule has 142 valence electrons. The fourth-order valence-electron chi connectivity index (χ4n) is 2.98. The zero-order valence-corrected chi connectivity index (χ0v) is 14.8. The molecule has 1 aliphatic heterocycles. The topological polar surface area (TPSA) is 65.0 Å². The number of aromatic hydroxyl groups is 1. The quantitative estimate of drug-likeness (QED) is 0.676. The zero-order chi connectivity index (χ0) is 19.5. The fraction of sp³-hybridized carbons (Fsp3) is 0.136. The Balaban J connectivity index is 1.54. The van der Waals surface area contributed by atoms with Crippen molar-refractivity contribution in [1.29, 1.82) is 0 Å². The molecule has 1 unspecified atom stereocenters. The third-order valence-corrected chi connectivity index (χ3v) is 4.36. The molecule has 0 aliphatic carbocycles. The molecule has 0 aromatic heterocycles. The molecular formula is C22H17FO5. The minimum absolute atomic E-state index is 0.0519. The SMILES string of the molecule is O=C(OCc1cc(F)cc2c1OC(c1ccccc1)OC2)c1ccc(O)cc1. The van der Waals surface area contributed by atoms with Gasteiger partial charge in [0.25, 0.3) is 0 Å². The monoisotopic (exact) mass is 380 g/mol. The predicted octanol–water partition coefficient (Wildman–Crippen LogP) is 4.50. The van der Waals surface area contributed by atoms with E-state index in [1.165, 1.54) is 36.4 Å². The van der Waals surface area contributed by atoms with Crippen LogP contribution in [0.5, 0.6) is 11.5 Å². The van der Waals surface area contributed by atoms with Crippen molar-refractivity contribution in [1.82, 2.24) is 0 Å². The maximum absolute atomic E-state index is 14.0. The predicted molar refractivity (Wildman–Crippen MR) is 98.2 cm³/mol. The number of carbonyl (C=O) groups excluding carboxylic acids is 1. The Bertz CT molecular complexity index is 986. The maximum Gasteiger partial charge on any atom is 0.338 e. The minimum Gasteiger partial charge on any atom is -0.508 e. The Labute approximate surface area is 160 Å². The Morgan fingerprint density at radius 3 is 2.61 bits per heavy atom. The van der Waals surface area contributed by atoms with Gasteiger partial charge in [-0.2, -0.15) is 0 Å². The molecule has 3 aromatic carbocycles. The van der Waals surface area contributed by atoms with Crippen LogP contribution in [0.2, 0.25) is 0 Å². The van der Waals surface area contributed by atoms with Gasteiger partial charge >= 0.3 is 5.97 Å². The first-order valence-electron chi connectivity index (χ1n) is 8.71. The van der Waals surface area contributed by atoms with Crippen LogP contribution in [0, 0.1) is 5.82 Å². The number of fused-ring (bicyclic) bond motifs is 1. The van der Waals surface area contributed by atoms with Crippen molar-refractivity contribution in [3.8, 4) is 11.5 Å². The van der Waals surface area contributed by atoms with E-state index in [0.717, 1.165) is 5.56 Å². The number of phenols is 1. The summed E-state index contributed by atoms with van der Waals surface area (Å²) in [4.78, 5) is 12.2. The second kappa shape index (κ2) is 7.70. The molecule has 1 heterocycles. The number of rotatable bonds is 4. The van der Waals surface area contributed by atoms with Crippen LogP contribution < -0.4 is 4.74 Å². The highest BCUT2D eigenvalue weighted by molar-refractivity contribution is 5.89. The van der Waals surface area contributed by atoms with Gasteiger partial charge in [-0.15, -0.1) is 0 Å². The lowest BCUT2D eigenvalue weighted by Crippen LogP contribution is -2.20. The normalized spacial score (nSPS) is 15.4. The summed E-state index contributed by atoms with van der Waals surface area (Å²) in [6.07, 6.45) is -0.620. The van der Waals surface area contributed by atoms with Gasteiger partial charge in [0.2, 0.25) is 6.29 Å². The van der Waals surface area contributed by atoms with Crippen LogP contribution in [0.15, 0.2) is 66.7 Å². The summed E-state index contributed by atoms with van der Waals surface area (Å²) in [6, 6.07) is 17.7. The lowest BCUT2D eigenvalue weighted by Gasteiger charge is -2.28. The van der Waals surface area contributed by atoms with Crippen molar-refractivity contribution >= 4 is 5.97 Å². The van der Waals surface area contributed by atoms with Crippen molar-refractivity contribution in [2.24, 2.45) is 0 Å². The van der Waals surface area contributed by atoms with E-state index in [1.54, 1.807) is 0 Å². The van der Waals surface area contributed by atoms with Gasteiger partial charge in [-0.1, -0.05) is 30.3 Å². The molecule has 1 atom stereocenters. The molecule has 1 aliphatic rings. The van der Waals surface area contributed by atoms with Gasteiger partial charge in [-0.05, 0) is 36.4 Å². The number of carbonyl (C=O) groups is 1. The Hall–Kier alpha value is -3.38. The van der Waals surface area contributed by atoms with E-state index >= 15 is 0 Å². The minimum atomic E-state index is -0.620. The summed E-state index contributed by atoms with van der Waals surface area (Å²) in [5, 5.41) is 9.31. The molecular weight excluding hydrogens is 363 g/mol. The molecule has 0 radical (unpaired) electrons. The van der Waals surface area contributed by atoms with E-state index in [-0.39, 0.29) is 24.5 Å². The summed E-state index contributed by atoms with van der Waals surface area (Å²) in [6.45, 7) is 0.0346. The molecule has 28 heavy (non-hydrogen) atoms. The molecule has 0 bridgehead atoms. The largest absolute Gasteiger partial charge is 0.508 e. The highest BCUT2D eigenvalue weighted by Crippen LogP contribution is 2.36. The third kappa shape index (κ3) is 3.82. The molecule has 4 rings (SSSR count). The zero-order valence-electron chi connectivity index (χ0n) is 14.8. The lowest BCUT2D eigenvalue weighted by molar-refractivity contribution is -0.112. The molecule has 0 saturated carbocycles. The lowest BCUT2D eigenvalue weighted by atomic mass is 10.1. The van der Waals surface area contributed by atoms with Gasteiger partial charge in [0.1, 0.15) is 23.9 Å². The van der Waals surface area contributed by atoms with Gasteiger partial charge in [-0.3, -0.25) is 0 Å². The van der Waals surface area contributed by atoms with Crippen molar-refractivity contribution in [2.45, 2.75) is 19.5 Å². The molecule has 6 heteroatoms. The van der Waals surface area contributed by atoms with Crippen LogP contribution in [0.25, 0.3) is 0 Å². The smallest absolute Gasteiger partial charge is 0.338 e. The van der Waals surface area contributed by atoms with E-state index in [0.29, 0.717) is 16.9 Å². The summed E-state index contributed by atoms with van der Waals surface area (Å²) in [5.74, 6) is -0.527. The Morgan fingerprint density at radius 2 is 1.86 bits per heavy atom. The first-order valence-corrected chi connectivity index (χ1v) is 8.71. The molecule has 3 aromatic rings. The molecule has 1 N–H and O–H groups in total. The van der Waals surface area contributed by atoms with Gasteiger partial charge < -0.3 is 19.3 Å². The number of esters is 1. The highest BCUT2D eigenvalue weighted by atomic mass is 19.1. The van der Waals surface area contributed by atoms with Gasteiger partial charge in [0.15, 0.2) is 0 Å². The van der Waals surface area contributed by atoms with E-state index in [4.69, 9.17) is 14.2 Å². The first kappa shape index (κ1) is 18.0. The second-order valence-corrected chi connectivity index (χ2v) is 6.35. The number of hydrogen-bond acceptors (Lipinski definition) is 5. The van der Waals surface area contributed by atoms with E-state index in [1.807, 2.05) is 30.3 Å².